The maximum atomic E-state index is 13.0. The first kappa shape index (κ1) is 20.3. The maximum Gasteiger partial charge on any atom is 0.418 e. The molecule has 0 saturated carbocycles. The quantitative estimate of drug-likeness (QED) is 0.838. The first-order chi connectivity index (χ1) is 13.2. The minimum atomic E-state index is -4.53. The number of rotatable bonds is 4. The smallest absolute Gasteiger partial charge is 0.335 e. The minimum Gasteiger partial charge on any atom is -0.335 e. The van der Waals surface area contributed by atoms with Crippen LogP contribution in [-0.4, -0.2) is 54.3 Å². The lowest BCUT2D eigenvalue weighted by atomic mass is 10.1. The average Bonchev–Trinajstić information content (AvgIpc) is 3.07. The molecule has 28 heavy (non-hydrogen) atoms. The van der Waals surface area contributed by atoms with Crippen LogP contribution < -0.4 is 5.32 Å². The minimum absolute atomic E-state index is 0.0215. The average molecular weight is 411 g/mol. The maximum absolute atomic E-state index is 13.0. The normalized spacial score (nSPS) is 15.5. The Bertz CT molecular complexity index is 858. The van der Waals surface area contributed by atoms with Crippen molar-refractivity contribution in [2.45, 2.75) is 13.1 Å². The Morgan fingerprint density at radius 3 is 2.36 bits per heavy atom. The van der Waals surface area contributed by atoms with Crippen molar-refractivity contribution in [3.63, 3.8) is 0 Å². The van der Waals surface area contributed by atoms with Crippen LogP contribution in [0.3, 0.4) is 0 Å². The predicted molar refractivity (Wildman–Crippen MR) is 101 cm³/mol. The third-order valence-corrected chi connectivity index (χ3v) is 5.47. The molecule has 0 bridgehead atoms. The van der Waals surface area contributed by atoms with E-state index in [1.165, 1.54) is 29.5 Å². The van der Waals surface area contributed by atoms with Gasteiger partial charge in [-0.3, -0.25) is 14.5 Å². The summed E-state index contributed by atoms with van der Waals surface area (Å²) in [4.78, 5) is 30.0. The fraction of sp³-hybridized carbons (Fsp3) is 0.368. The molecule has 5 nitrogen and oxygen atoms in total. The van der Waals surface area contributed by atoms with E-state index < -0.39 is 17.6 Å². The summed E-state index contributed by atoms with van der Waals surface area (Å²) in [6, 6.07) is 8.61. The Morgan fingerprint density at radius 1 is 1.07 bits per heavy atom. The lowest BCUT2D eigenvalue weighted by Crippen LogP contribution is -2.50. The highest BCUT2D eigenvalue weighted by molar-refractivity contribution is 7.13. The van der Waals surface area contributed by atoms with Gasteiger partial charge < -0.3 is 10.2 Å². The molecule has 1 N–H and O–H groups in total. The van der Waals surface area contributed by atoms with Crippen LogP contribution in [0.2, 0.25) is 0 Å². The van der Waals surface area contributed by atoms with Gasteiger partial charge in [0.15, 0.2) is 0 Å². The van der Waals surface area contributed by atoms with E-state index in [1.807, 2.05) is 17.9 Å². The van der Waals surface area contributed by atoms with Crippen molar-refractivity contribution in [1.29, 1.82) is 0 Å². The van der Waals surface area contributed by atoms with Gasteiger partial charge in [-0.05, 0) is 31.2 Å². The summed E-state index contributed by atoms with van der Waals surface area (Å²) >= 11 is 1.44. The van der Waals surface area contributed by atoms with Crippen LogP contribution in [0.25, 0.3) is 0 Å². The molecule has 0 radical (unpaired) electrons. The van der Waals surface area contributed by atoms with Crippen LogP contribution in [0.4, 0.5) is 18.9 Å². The zero-order valence-electron chi connectivity index (χ0n) is 15.3. The van der Waals surface area contributed by atoms with Gasteiger partial charge in [0.25, 0.3) is 5.91 Å². The number of nitrogens with zero attached hydrogens (tertiary/aromatic N) is 2. The standard InChI is InChI=1S/C19H20F3N3O2S/c1-13-6-7-16(28-13)18(27)25-10-8-24(9-11-25)12-17(26)23-15-5-3-2-4-14(15)19(20,21)22/h2-7H,8-12H2,1H3,(H,23,26). The first-order valence-corrected chi connectivity index (χ1v) is 9.60. The van der Waals surface area contributed by atoms with Crippen molar-refractivity contribution in [3.8, 4) is 0 Å². The highest BCUT2D eigenvalue weighted by Gasteiger charge is 2.33. The number of halogens is 3. The molecule has 150 valence electrons. The number of hydrogen-bond donors (Lipinski definition) is 1. The van der Waals surface area contributed by atoms with Crippen LogP contribution in [0.15, 0.2) is 36.4 Å². The van der Waals surface area contributed by atoms with E-state index in [4.69, 9.17) is 0 Å². The van der Waals surface area contributed by atoms with E-state index in [2.05, 4.69) is 5.32 Å². The number of carbonyl (C=O) groups is 2. The number of nitrogens with one attached hydrogen (secondary N) is 1. The first-order valence-electron chi connectivity index (χ1n) is 8.78. The molecule has 1 fully saturated rings. The van der Waals surface area contributed by atoms with E-state index in [1.54, 1.807) is 11.0 Å². The summed E-state index contributed by atoms with van der Waals surface area (Å²) in [6.07, 6.45) is -4.53. The Hall–Kier alpha value is -2.39. The molecule has 0 atom stereocenters. The zero-order chi connectivity index (χ0) is 20.3. The van der Waals surface area contributed by atoms with Crippen molar-refractivity contribution in [2.75, 3.05) is 38.0 Å². The summed E-state index contributed by atoms with van der Waals surface area (Å²) < 4.78 is 39.1. The van der Waals surface area contributed by atoms with E-state index in [0.29, 0.717) is 31.1 Å². The highest BCUT2D eigenvalue weighted by Crippen LogP contribution is 2.34. The molecule has 0 unspecified atom stereocenters. The SMILES string of the molecule is Cc1ccc(C(=O)N2CCN(CC(=O)Nc3ccccc3C(F)(F)F)CC2)s1. The zero-order valence-corrected chi connectivity index (χ0v) is 16.1. The van der Waals surface area contributed by atoms with Crippen LogP contribution in [0, 0.1) is 6.92 Å². The Balaban J connectivity index is 1.53. The van der Waals surface area contributed by atoms with Gasteiger partial charge in [0.05, 0.1) is 22.7 Å². The van der Waals surface area contributed by atoms with Gasteiger partial charge in [-0.15, -0.1) is 11.3 Å². The van der Waals surface area contributed by atoms with Gasteiger partial charge in [-0.2, -0.15) is 13.2 Å². The van der Waals surface area contributed by atoms with Gasteiger partial charge in [0, 0.05) is 31.1 Å². The third-order valence-electron chi connectivity index (χ3n) is 4.48. The molecular weight excluding hydrogens is 391 g/mol. The van der Waals surface area contributed by atoms with Crippen molar-refractivity contribution in [1.82, 2.24) is 9.80 Å². The fourth-order valence-electron chi connectivity index (χ4n) is 3.05. The van der Waals surface area contributed by atoms with E-state index >= 15 is 0 Å². The molecule has 1 aromatic heterocycles. The molecule has 1 saturated heterocycles. The van der Waals surface area contributed by atoms with Gasteiger partial charge >= 0.3 is 6.18 Å². The predicted octanol–water partition coefficient (Wildman–Crippen LogP) is 3.47. The molecule has 0 spiro atoms. The van der Waals surface area contributed by atoms with E-state index in [0.717, 1.165) is 10.9 Å². The molecule has 1 aliphatic heterocycles. The number of anilines is 1. The summed E-state index contributed by atoms with van der Waals surface area (Å²) in [6.45, 7) is 3.85. The summed E-state index contributed by atoms with van der Waals surface area (Å²) in [5.41, 5.74) is -1.12. The Labute approximate surface area is 164 Å². The molecular formula is C19H20F3N3O2S. The molecule has 1 aromatic carbocycles. The van der Waals surface area contributed by atoms with Crippen molar-refractivity contribution in [3.05, 3.63) is 51.7 Å². The summed E-state index contributed by atoms with van der Waals surface area (Å²) in [7, 11) is 0. The second-order valence-corrected chi connectivity index (χ2v) is 7.86. The molecule has 1 aliphatic rings. The molecule has 0 aliphatic carbocycles. The second kappa shape index (κ2) is 8.32. The second-order valence-electron chi connectivity index (χ2n) is 6.57. The number of aryl methyl sites for hydroxylation is 1. The van der Waals surface area contributed by atoms with Crippen LogP contribution in [-0.2, 0) is 11.0 Å². The fourth-order valence-corrected chi connectivity index (χ4v) is 3.88. The van der Waals surface area contributed by atoms with E-state index in [-0.39, 0.29) is 18.1 Å². The molecule has 3 rings (SSSR count). The Kier molecular flexibility index (Phi) is 6.04. The van der Waals surface area contributed by atoms with E-state index in [9.17, 15) is 22.8 Å². The third kappa shape index (κ3) is 4.90. The van der Waals surface area contributed by atoms with Gasteiger partial charge in [-0.1, -0.05) is 12.1 Å². The van der Waals surface area contributed by atoms with Crippen LogP contribution in [0.5, 0.6) is 0 Å². The Morgan fingerprint density at radius 2 is 1.75 bits per heavy atom. The van der Waals surface area contributed by atoms with Gasteiger partial charge in [0.2, 0.25) is 5.91 Å². The largest absolute Gasteiger partial charge is 0.418 e. The molecule has 9 heteroatoms. The van der Waals surface area contributed by atoms with Crippen molar-refractivity contribution >= 4 is 28.8 Å². The topological polar surface area (TPSA) is 52.7 Å². The monoisotopic (exact) mass is 411 g/mol. The lowest BCUT2D eigenvalue weighted by Gasteiger charge is -2.34. The number of benzene rings is 1. The highest BCUT2D eigenvalue weighted by atomic mass is 32.1. The number of para-hydroxylation sites is 1. The summed E-state index contributed by atoms with van der Waals surface area (Å²) in [5, 5.41) is 2.35. The van der Waals surface area contributed by atoms with Gasteiger partial charge in [-0.25, -0.2) is 0 Å². The molecule has 2 aromatic rings. The lowest BCUT2D eigenvalue weighted by molar-refractivity contribution is -0.137. The number of carbonyl (C=O) groups excluding carboxylic acids is 2. The van der Waals surface area contributed by atoms with Crippen molar-refractivity contribution in [2.24, 2.45) is 0 Å². The van der Waals surface area contributed by atoms with Crippen LogP contribution in [0.1, 0.15) is 20.1 Å². The molecule has 2 amide bonds. The van der Waals surface area contributed by atoms with Gasteiger partial charge in [0.1, 0.15) is 0 Å². The molecule has 2 heterocycles. The number of amides is 2. The summed E-state index contributed by atoms with van der Waals surface area (Å²) in [5.74, 6) is -0.535. The number of thiophene rings is 1. The number of piperazine rings is 1. The number of hydrogen-bond acceptors (Lipinski definition) is 4. The van der Waals surface area contributed by atoms with Crippen molar-refractivity contribution < 1.29 is 22.8 Å². The number of alkyl halides is 3. The van der Waals surface area contributed by atoms with Crippen LogP contribution >= 0.6 is 11.3 Å².